The summed E-state index contributed by atoms with van der Waals surface area (Å²) in [6, 6.07) is 0.426. The molecule has 6 nitrogen and oxygen atoms in total. The number of fused-ring (bicyclic) bond motifs is 3. The lowest BCUT2D eigenvalue weighted by Crippen LogP contribution is -2.53. The molecule has 1 atom stereocenters. The molecule has 19 heavy (non-hydrogen) atoms. The monoisotopic (exact) mass is 282 g/mol. The number of anilines is 2. The smallest absolute Gasteiger partial charge is 0.229 e. The molecular formula is C12H19ClN6. The molecule has 3 aliphatic heterocycles. The lowest BCUT2D eigenvalue weighted by atomic mass is 9.84. The van der Waals surface area contributed by atoms with Crippen LogP contribution in [0.5, 0.6) is 0 Å². The van der Waals surface area contributed by atoms with E-state index in [1.165, 1.54) is 25.9 Å². The standard InChI is InChI=1S/C12H19ClN6/c1-2-14-11-16-10(13)17-12(18-11)15-9-7-19-5-3-8(9)4-6-19/h8-9H,2-7H2,1H3,(H2,14,15,16,17,18). The van der Waals surface area contributed by atoms with Crippen LogP contribution in [0.3, 0.4) is 0 Å². The number of rotatable bonds is 4. The minimum absolute atomic E-state index is 0.231. The third-order valence-electron chi connectivity index (χ3n) is 3.91. The van der Waals surface area contributed by atoms with Gasteiger partial charge in [0.1, 0.15) is 0 Å². The quantitative estimate of drug-likeness (QED) is 0.872. The average molecular weight is 283 g/mol. The number of halogens is 1. The first-order chi connectivity index (χ1) is 9.24. The second kappa shape index (κ2) is 5.46. The van der Waals surface area contributed by atoms with E-state index in [2.05, 4.69) is 30.5 Å². The van der Waals surface area contributed by atoms with Crippen molar-refractivity contribution in [1.29, 1.82) is 0 Å². The SMILES string of the molecule is CCNc1nc(Cl)nc(NC2CN3CCC2CC3)n1. The Bertz CT molecular complexity index is 446. The zero-order valence-corrected chi connectivity index (χ0v) is 11.8. The highest BCUT2D eigenvalue weighted by molar-refractivity contribution is 6.28. The summed E-state index contributed by atoms with van der Waals surface area (Å²) in [6.07, 6.45) is 2.52. The van der Waals surface area contributed by atoms with Crippen LogP contribution in [0.4, 0.5) is 11.9 Å². The number of hydrogen-bond donors (Lipinski definition) is 2. The maximum Gasteiger partial charge on any atom is 0.229 e. The molecule has 104 valence electrons. The zero-order valence-electron chi connectivity index (χ0n) is 11.1. The van der Waals surface area contributed by atoms with Crippen LogP contribution in [-0.2, 0) is 0 Å². The van der Waals surface area contributed by atoms with Crippen LogP contribution in [0.15, 0.2) is 0 Å². The van der Waals surface area contributed by atoms with E-state index in [1.54, 1.807) is 0 Å². The van der Waals surface area contributed by atoms with Crippen molar-refractivity contribution in [3.8, 4) is 0 Å². The van der Waals surface area contributed by atoms with Crippen molar-refractivity contribution in [2.75, 3.05) is 36.8 Å². The van der Waals surface area contributed by atoms with Gasteiger partial charge >= 0.3 is 0 Å². The number of nitrogens with one attached hydrogen (secondary N) is 2. The fourth-order valence-electron chi connectivity index (χ4n) is 2.95. The largest absolute Gasteiger partial charge is 0.354 e. The highest BCUT2D eigenvalue weighted by Gasteiger charge is 2.34. The van der Waals surface area contributed by atoms with Gasteiger partial charge in [-0.3, -0.25) is 0 Å². The number of nitrogens with zero attached hydrogens (tertiary/aromatic N) is 4. The summed E-state index contributed by atoms with van der Waals surface area (Å²) in [6.45, 7) is 6.29. The van der Waals surface area contributed by atoms with E-state index in [4.69, 9.17) is 11.6 Å². The van der Waals surface area contributed by atoms with E-state index in [0.29, 0.717) is 17.9 Å². The average Bonchev–Trinajstić information content (AvgIpc) is 2.39. The Morgan fingerprint density at radius 2 is 1.95 bits per heavy atom. The third kappa shape index (κ3) is 2.90. The topological polar surface area (TPSA) is 66.0 Å². The van der Waals surface area contributed by atoms with Gasteiger partial charge in [-0.2, -0.15) is 15.0 Å². The summed E-state index contributed by atoms with van der Waals surface area (Å²) in [5.41, 5.74) is 0. The van der Waals surface area contributed by atoms with Gasteiger partial charge in [0.15, 0.2) is 0 Å². The summed E-state index contributed by atoms with van der Waals surface area (Å²) in [4.78, 5) is 15.1. The van der Waals surface area contributed by atoms with E-state index in [0.717, 1.165) is 19.0 Å². The van der Waals surface area contributed by atoms with E-state index in [9.17, 15) is 0 Å². The molecule has 2 bridgehead atoms. The summed E-state index contributed by atoms with van der Waals surface area (Å²) in [5, 5.41) is 6.72. The summed E-state index contributed by atoms with van der Waals surface area (Å²) >= 11 is 5.93. The molecular weight excluding hydrogens is 264 g/mol. The molecule has 1 aromatic rings. The molecule has 0 saturated carbocycles. The molecule has 3 saturated heterocycles. The fourth-order valence-corrected chi connectivity index (χ4v) is 3.11. The van der Waals surface area contributed by atoms with E-state index in [-0.39, 0.29) is 5.28 Å². The van der Waals surface area contributed by atoms with Crippen molar-refractivity contribution in [3.05, 3.63) is 5.28 Å². The van der Waals surface area contributed by atoms with Gasteiger partial charge in [0, 0.05) is 19.1 Å². The molecule has 4 rings (SSSR count). The van der Waals surface area contributed by atoms with E-state index in [1.807, 2.05) is 6.92 Å². The Hall–Kier alpha value is -1.14. The summed E-state index contributed by atoms with van der Waals surface area (Å²) in [7, 11) is 0. The lowest BCUT2D eigenvalue weighted by Gasteiger charge is -2.44. The Morgan fingerprint density at radius 3 is 2.58 bits per heavy atom. The first-order valence-electron chi connectivity index (χ1n) is 6.89. The maximum absolute atomic E-state index is 5.93. The number of aromatic nitrogens is 3. The first-order valence-corrected chi connectivity index (χ1v) is 7.26. The minimum atomic E-state index is 0.231. The van der Waals surface area contributed by atoms with E-state index < -0.39 is 0 Å². The Balaban J connectivity index is 1.72. The summed E-state index contributed by atoms with van der Waals surface area (Å²) in [5.74, 6) is 1.84. The van der Waals surface area contributed by atoms with Gasteiger partial charge in [0.05, 0.1) is 0 Å². The fraction of sp³-hybridized carbons (Fsp3) is 0.750. The molecule has 1 aromatic heterocycles. The molecule has 0 amide bonds. The van der Waals surface area contributed by atoms with Crippen molar-refractivity contribution in [2.45, 2.75) is 25.8 Å². The predicted molar refractivity (Wildman–Crippen MR) is 75.6 cm³/mol. The Morgan fingerprint density at radius 1 is 1.21 bits per heavy atom. The van der Waals surface area contributed by atoms with Gasteiger partial charge in [-0.25, -0.2) is 0 Å². The molecule has 3 aliphatic rings. The summed E-state index contributed by atoms with van der Waals surface area (Å²) < 4.78 is 0. The minimum Gasteiger partial charge on any atom is -0.354 e. The second-order valence-corrected chi connectivity index (χ2v) is 5.51. The number of piperidine rings is 3. The van der Waals surface area contributed by atoms with Crippen molar-refractivity contribution >= 4 is 23.5 Å². The van der Waals surface area contributed by atoms with Gasteiger partial charge in [-0.05, 0) is 50.4 Å². The molecule has 2 N–H and O–H groups in total. The van der Waals surface area contributed by atoms with Crippen molar-refractivity contribution in [3.63, 3.8) is 0 Å². The predicted octanol–water partition coefficient (Wildman–Crippen LogP) is 1.46. The molecule has 0 aliphatic carbocycles. The van der Waals surface area contributed by atoms with Crippen LogP contribution >= 0.6 is 11.6 Å². The maximum atomic E-state index is 5.93. The van der Waals surface area contributed by atoms with Crippen LogP contribution < -0.4 is 10.6 Å². The van der Waals surface area contributed by atoms with Gasteiger partial charge in [0.2, 0.25) is 17.2 Å². The lowest BCUT2D eigenvalue weighted by molar-refractivity contribution is 0.0972. The molecule has 7 heteroatoms. The van der Waals surface area contributed by atoms with Gasteiger partial charge in [0.25, 0.3) is 0 Å². The molecule has 1 unspecified atom stereocenters. The van der Waals surface area contributed by atoms with Crippen molar-refractivity contribution in [2.24, 2.45) is 5.92 Å². The molecule has 4 heterocycles. The van der Waals surface area contributed by atoms with Crippen LogP contribution in [0, 0.1) is 5.92 Å². The normalized spacial score (nSPS) is 29.3. The van der Waals surface area contributed by atoms with E-state index >= 15 is 0 Å². The molecule has 0 aromatic carbocycles. The van der Waals surface area contributed by atoms with Gasteiger partial charge in [-0.1, -0.05) is 0 Å². The van der Waals surface area contributed by atoms with Crippen molar-refractivity contribution in [1.82, 2.24) is 19.9 Å². The van der Waals surface area contributed by atoms with Gasteiger partial charge < -0.3 is 15.5 Å². The third-order valence-corrected chi connectivity index (χ3v) is 4.08. The van der Waals surface area contributed by atoms with Crippen LogP contribution in [-0.4, -0.2) is 52.1 Å². The zero-order chi connectivity index (χ0) is 13.2. The molecule has 0 spiro atoms. The first kappa shape index (κ1) is 12.9. The molecule has 3 fully saturated rings. The highest BCUT2D eigenvalue weighted by Crippen LogP contribution is 2.29. The Labute approximate surface area is 118 Å². The molecule has 0 radical (unpaired) electrons. The van der Waals surface area contributed by atoms with Crippen LogP contribution in [0.1, 0.15) is 19.8 Å². The van der Waals surface area contributed by atoms with Crippen LogP contribution in [0.2, 0.25) is 5.28 Å². The Kier molecular flexibility index (Phi) is 3.70. The number of hydrogen-bond acceptors (Lipinski definition) is 6. The van der Waals surface area contributed by atoms with Crippen molar-refractivity contribution < 1.29 is 0 Å². The second-order valence-electron chi connectivity index (χ2n) is 5.17. The van der Waals surface area contributed by atoms with Gasteiger partial charge in [-0.15, -0.1) is 0 Å². The highest BCUT2D eigenvalue weighted by atomic mass is 35.5. The van der Waals surface area contributed by atoms with Crippen LogP contribution in [0.25, 0.3) is 0 Å².